The molecule has 3 aromatic rings. The van der Waals surface area contributed by atoms with Crippen LogP contribution in [0.15, 0.2) is 66.7 Å². The van der Waals surface area contributed by atoms with Gasteiger partial charge in [0, 0.05) is 13.1 Å². The maximum Gasteiger partial charge on any atom is 0.573 e. The fourth-order valence-corrected chi connectivity index (χ4v) is 4.73. The fraction of sp³-hybridized carbons (Fsp3) is 0.333. The summed E-state index contributed by atoms with van der Waals surface area (Å²) < 4.78 is 164. The van der Waals surface area contributed by atoms with Gasteiger partial charge in [0.1, 0.15) is 5.75 Å². The maximum absolute atomic E-state index is 13.7. The number of aliphatic hydroxyl groups is 1. The van der Waals surface area contributed by atoms with E-state index in [-0.39, 0.29) is 29.5 Å². The average molecular weight is 632 g/mol. The van der Waals surface area contributed by atoms with E-state index in [1.165, 1.54) is 41.3 Å². The van der Waals surface area contributed by atoms with Gasteiger partial charge in [0.15, 0.2) is 6.10 Å². The molecule has 0 saturated carbocycles. The Kier molecular flexibility index (Phi) is 8.48. The largest absolute Gasteiger partial charge is 0.573 e. The van der Waals surface area contributed by atoms with Crippen molar-refractivity contribution in [1.29, 1.82) is 0 Å². The topological polar surface area (TPSA) is 35.9 Å². The first-order valence-electron chi connectivity index (χ1n) is 12.2. The number of anilines is 2. The van der Waals surface area contributed by atoms with Gasteiger partial charge in [-0.05, 0) is 53.6 Å². The average Bonchev–Trinajstić information content (AvgIpc) is 2.87. The van der Waals surface area contributed by atoms with Crippen molar-refractivity contribution in [2.75, 3.05) is 22.9 Å². The van der Waals surface area contributed by atoms with Crippen LogP contribution in [0.4, 0.5) is 64.1 Å². The Morgan fingerprint density at radius 3 is 1.86 bits per heavy atom. The molecule has 16 heteroatoms. The smallest absolute Gasteiger partial charge is 0.406 e. The second-order valence-electron chi connectivity index (χ2n) is 9.63. The standard InChI is InChI=1S/C27H20F12N2O2/c28-24(29,30)17-9-16(10-18(11-17)25(31,32)33)22-13-40(12-15-4-3-5-19(8-15)43-27(37,38)39)20-6-1-2-7-21(20)41(22)14-23(42)26(34,35)36/h1-11,22-23,42H,12-14H2. The van der Waals surface area contributed by atoms with Gasteiger partial charge in [0.25, 0.3) is 0 Å². The van der Waals surface area contributed by atoms with Crippen LogP contribution < -0.4 is 14.5 Å². The van der Waals surface area contributed by atoms with E-state index >= 15 is 0 Å². The second kappa shape index (κ2) is 11.4. The predicted octanol–water partition coefficient (Wildman–Crippen LogP) is 8.11. The summed E-state index contributed by atoms with van der Waals surface area (Å²) in [6.07, 6.45) is -23.7. The van der Waals surface area contributed by atoms with E-state index in [0.29, 0.717) is 12.1 Å². The van der Waals surface area contributed by atoms with Crippen molar-refractivity contribution in [3.8, 4) is 5.75 Å². The number of fused-ring (bicyclic) bond motifs is 1. The molecule has 2 unspecified atom stereocenters. The number of β-amino-alcohol motifs (C(OH)–C–C–N with tert-alkyl or cyclic N) is 1. The minimum Gasteiger partial charge on any atom is -0.406 e. The SMILES string of the molecule is OC(CN1c2ccccc2N(Cc2cccc(OC(F)(F)F)c2)CC1c1cc(C(F)(F)F)cc(C(F)(F)F)c1)C(F)(F)F. The van der Waals surface area contributed by atoms with E-state index in [4.69, 9.17) is 0 Å². The lowest BCUT2D eigenvalue weighted by molar-refractivity contribution is -0.274. The third-order valence-electron chi connectivity index (χ3n) is 6.55. The molecule has 1 N–H and O–H groups in total. The highest BCUT2D eigenvalue weighted by Crippen LogP contribution is 2.45. The summed E-state index contributed by atoms with van der Waals surface area (Å²) in [4.78, 5) is 2.25. The van der Waals surface area contributed by atoms with Crippen molar-refractivity contribution in [1.82, 2.24) is 0 Å². The molecule has 0 amide bonds. The van der Waals surface area contributed by atoms with E-state index in [1.807, 2.05) is 0 Å². The maximum atomic E-state index is 13.7. The van der Waals surface area contributed by atoms with E-state index in [0.717, 1.165) is 17.0 Å². The fourth-order valence-electron chi connectivity index (χ4n) is 4.73. The zero-order valence-corrected chi connectivity index (χ0v) is 21.4. The molecule has 3 aromatic carbocycles. The third-order valence-corrected chi connectivity index (χ3v) is 6.55. The van der Waals surface area contributed by atoms with E-state index in [2.05, 4.69) is 4.74 Å². The van der Waals surface area contributed by atoms with Crippen LogP contribution >= 0.6 is 0 Å². The van der Waals surface area contributed by atoms with Gasteiger partial charge >= 0.3 is 24.9 Å². The molecular formula is C27H20F12N2O2. The molecule has 4 nitrogen and oxygen atoms in total. The Bertz CT molecular complexity index is 1400. The van der Waals surface area contributed by atoms with E-state index in [9.17, 15) is 57.8 Å². The van der Waals surface area contributed by atoms with Crippen molar-refractivity contribution >= 4 is 11.4 Å². The first kappa shape index (κ1) is 32.1. The van der Waals surface area contributed by atoms with Gasteiger partial charge in [-0.3, -0.25) is 0 Å². The monoisotopic (exact) mass is 632 g/mol. The first-order valence-corrected chi connectivity index (χ1v) is 12.2. The lowest BCUT2D eigenvalue weighted by Gasteiger charge is -2.46. The molecule has 0 aliphatic carbocycles. The number of para-hydroxylation sites is 2. The summed E-state index contributed by atoms with van der Waals surface area (Å²) in [6.45, 7) is -2.01. The predicted molar refractivity (Wildman–Crippen MR) is 129 cm³/mol. The Labute approximate surface area is 235 Å². The molecule has 2 atom stereocenters. The summed E-state index contributed by atoms with van der Waals surface area (Å²) in [5, 5.41) is 9.87. The summed E-state index contributed by atoms with van der Waals surface area (Å²) in [5.41, 5.74) is -3.77. The number of hydrogen-bond donors (Lipinski definition) is 1. The first-order chi connectivity index (χ1) is 19.7. The van der Waals surface area contributed by atoms with Crippen LogP contribution in [0.2, 0.25) is 0 Å². The summed E-state index contributed by atoms with van der Waals surface area (Å²) >= 11 is 0. The molecule has 0 spiro atoms. The van der Waals surface area contributed by atoms with E-state index in [1.54, 1.807) is 0 Å². The Hall–Kier alpha value is -3.82. The minimum atomic E-state index is -5.25. The highest BCUT2D eigenvalue weighted by Gasteiger charge is 2.44. The van der Waals surface area contributed by atoms with E-state index < -0.39 is 72.6 Å². The number of aliphatic hydroxyl groups excluding tert-OH is 1. The molecule has 234 valence electrons. The molecule has 0 saturated heterocycles. The van der Waals surface area contributed by atoms with Crippen LogP contribution in [-0.4, -0.2) is 36.8 Å². The van der Waals surface area contributed by atoms with Gasteiger partial charge < -0.3 is 19.6 Å². The molecule has 0 bridgehead atoms. The van der Waals surface area contributed by atoms with Gasteiger partial charge in [0.2, 0.25) is 0 Å². The minimum absolute atomic E-state index is 0.0734. The Morgan fingerprint density at radius 1 is 0.744 bits per heavy atom. The highest BCUT2D eigenvalue weighted by atomic mass is 19.4. The molecule has 43 heavy (non-hydrogen) atoms. The van der Waals surface area contributed by atoms with Crippen molar-refractivity contribution in [3.63, 3.8) is 0 Å². The molecule has 0 aromatic heterocycles. The molecule has 1 aliphatic rings. The number of benzene rings is 3. The summed E-state index contributed by atoms with van der Waals surface area (Å²) in [6, 6.07) is 9.14. The number of ether oxygens (including phenoxy) is 1. The Morgan fingerprint density at radius 2 is 1.33 bits per heavy atom. The van der Waals surface area contributed by atoms with Gasteiger partial charge in [-0.15, -0.1) is 13.2 Å². The molecular weight excluding hydrogens is 612 g/mol. The van der Waals surface area contributed by atoms with Crippen LogP contribution in [0.3, 0.4) is 0 Å². The lowest BCUT2D eigenvalue weighted by Crippen LogP contribution is -2.49. The van der Waals surface area contributed by atoms with Crippen LogP contribution in [0.5, 0.6) is 5.75 Å². The van der Waals surface area contributed by atoms with Gasteiger partial charge in [0.05, 0.1) is 35.1 Å². The third kappa shape index (κ3) is 7.77. The number of nitrogens with zero attached hydrogens (tertiary/aromatic N) is 2. The molecule has 0 fully saturated rings. The van der Waals surface area contributed by atoms with Crippen LogP contribution in [0.25, 0.3) is 0 Å². The van der Waals surface area contributed by atoms with Crippen LogP contribution in [0.1, 0.15) is 28.3 Å². The number of alkyl halides is 12. The second-order valence-corrected chi connectivity index (χ2v) is 9.63. The van der Waals surface area contributed by atoms with Crippen LogP contribution in [0, 0.1) is 0 Å². The normalized spacial score (nSPS) is 17.1. The number of halogens is 12. The summed E-state index contributed by atoms with van der Waals surface area (Å²) in [5.74, 6) is -0.602. The lowest BCUT2D eigenvalue weighted by atomic mass is 9.94. The molecule has 0 radical (unpaired) electrons. The van der Waals surface area contributed by atoms with Gasteiger partial charge in [-0.2, -0.15) is 39.5 Å². The number of rotatable bonds is 6. The highest BCUT2D eigenvalue weighted by molar-refractivity contribution is 5.75. The summed E-state index contributed by atoms with van der Waals surface area (Å²) in [7, 11) is 0. The number of hydrogen-bond acceptors (Lipinski definition) is 4. The Balaban J connectivity index is 1.85. The van der Waals surface area contributed by atoms with Crippen molar-refractivity contribution < 1.29 is 62.5 Å². The van der Waals surface area contributed by atoms with Crippen molar-refractivity contribution in [3.05, 3.63) is 89.0 Å². The van der Waals surface area contributed by atoms with Crippen molar-refractivity contribution in [2.45, 2.75) is 43.6 Å². The molecule has 4 rings (SSSR count). The quantitative estimate of drug-likeness (QED) is 0.279. The molecule has 1 aliphatic heterocycles. The zero-order chi connectivity index (χ0) is 32.0. The molecule has 1 heterocycles. The van der Waals surface area contributed by atoms with Crippen molar-refractivity contribution in [2.24, 2.45) is 0 Å². The zero-order valence-electron chi connectivity index (χ0n) is 21.4. The van der Waals surface area contributed by atoms with Gasteiger partial charge in [-0.1, -0.05) is 24.3 Å². The van der Waals surface area contributed by atoms with Gasteiger partial charge in [-0.25, -0.2) is 0 Å². The van der Waals surface area contributed by atoms with Crippen LogP contribution in [-0.2, 0) is 18.9 Å².